The third kappa shape index (κ3) is 8.29. The molecule has 5 aromatic heterocycles. The second-order valence-electron chi connectivity index (χ2n) is 27.5. The quantitative estimate of drug-likeness (QED) is 0.153. The Morgan fingerprint density at radius 3 is 1.05 bits per heavy atom. The van der Waals surface area contributed by atoms with Crippen molar-refractivity contribution >= 4 is 185 Å². The molecule has 2 aliphatic heterocycles. The molecule has 108 heavy (non-hydrogen) atoms. The number of benzene rings is 17. The van der Waals surface area contributed by atoms with E-state index in [2.05, 4.69) is 0 Å². The standard InChI is InChI=1S/C102H61BN4S/c1-3-27-62(28-4-1)66-44-25-46-81-72-35-9-7-31-68(72)70-33-11-13-42-79(70)96-90(104-86-48-20-15-37-74(86)75-38-16-21-49-87(75)104)56-54-84-101(96)106(99(66)81)92-60-65(64-53-58-95-83(59-64)78-41-19-24-52-94(78)108-95)61-93-98(92)103(84)85-55-57-91(105-88-50-22-17-39-76(88)77-40-18-23-51-89(77)105)97-80-43-14-12-34-71(80)69-32-8-10-36-73(69)82-47-26-45-67(63-29-5-2-6-30-63)100(82)107(93)102(85)97/h1-61H/i15D,16D,17D,18D,20D,21D,22D,23D,37D,38D,39D,40D,48D,49D,50D,51D,54D,55D,56D,57D,60D,61D. The minimum absolute atomic E-state index is 0.0188. The van der Waals surface area contributed by atoms with Crippen molar-refractivity contribution in [3.8, 4) is 56.1 Å². The Labute approximate surface area is 655 Å². The van der Waals surface area contributed by atoms with Crippen molar-refractivity contribution in [1.82, 2.24) is 18.3 Å². The first kappa shape index (κ1) is 42.2. The van der Waals surface area contributed by atoms with Crippen molar-refractivity contribution in [3.05, 3.63) is 370 Å². The van der Waals surface area contributed by atoms with Crippen LogP contribution in [0.2, 0.25) is 0 Å². The summed E-state index contributed by atoms with van der Waals surface area (Å²) in [6.07, 6.45) is 0. The van der Waals surface area contributed by atoms with E-state index in [1.165, 1.54) is 9.13 Å². The summed E-state index contributed by atoms with van der Waals surface area (Å²) in [4.78, 5) is 0. The van der Waals surface area contributed by atoms with Crippen LogP contribution in [0.15, 0.2) is 370 Å². The molecule has 0 saturated carbocycles. The van der Waals surface area contributed by atoms with Crippen LogP contribution in [0.25, 0.3) is 207 Å². The topological polar surface area (TPSA) is 19.7 Å². The predicted molar refractivity (Wildman–Crippen MR) is 463 cm³/mol. The van der Waals surface area contributed by atoms with E-state index in [0.29, 0.717) is 92.7 Å². The summed E-state index contributed by atoms with van der Waals surface area (Å²) in [5, 5.41) is 5.65. The fourth-order valence-corrected chi connectivity index (χ4v) is 18.8. The molecule has 0 bridgehead atoms. The van der Waals surface area contributed by atoms with Gasteiger partial charge in [0.15, 0.2) is 0 Å². The molecule has 24 rings (SSSR count). The van der Waals surface area contributed by atoms with E-state index in [0.717, 1.165) is 20.2 Å². The normalized spacial score (nSPS) is 15.3. The van der Waals surface area contributed by atoms with Gasteiger partial charge in [0.25, 0.3) is 6.71 Å². The third-order valence-corrected chi connectivity index (χ3v) is 23.3. The van der Waals surface area contributed by atoms with Gasteiger partial charge in [0.1, 0.15) is 0 Å². The lowest BCUT2D eigenvalue weighted by Gasteiger charge is -2.37. The number of nitrogens with zero attached hydrogens (tertiary/aromatic N) is 4. The molecule has 4 nitrogen and oxygen atoms in total. The summed E-state index contributed by atoms with van der Waals surface area (Å²) in [5.41, 5.74) is 1.55. The summed E-state index contributed by atoms with van der Waals surface area (Å²) in [5.74, 6) is 0. The highest BCUT2D eigenvalue weighted by molar-refractivity contribution is 7.25. The molecule has 0 aliphatic carbocycles. The third-order valence-electron chi connectivity index (χ3n) is 22.1. The Balaban J connectivity index is 1.09. The van der Waals surface area contributed by atoms with Crippen LogP contribution in [0.4, 0.5) is 0 Å². The number of rotatable bonds is 5. The van der Waals surface area contributed by atoms with Crippen LogP contribution in [0.1, 0.15) is 30.2 Å². The summed E-state index contributed by atoms with van der Waals surface area (Å²) >= 11 is 1.57. The van der Waals surface area contributed by atoms with Crippen LogP contribution in [0.5, 0.6) is 0 Å². The first-order chi connectivity index (χ1) is 62.8. The number of hydrogen-bond donors (Lipinski definition) is 0. The molecule has 2 aliphatic rings. The SMILES string of the molecule is [2H]c1c(-c2ccc3sc4ccccc4c3c2)c([2H])c2c3c1-n1c4c(-c5ccccc5)cccc4c4ccccc4c4ccccc4c4c(-n5c6c([2H])c([2H])c([2H])c([2H])c6c6c([2H])c([2H])c([2H])c([2H])c65)c([2H])c([2H])c(c41)B3c1c([2H])c([2H])c(-n3c4c([2H])c([2H])c([2H])c([2H])c4c4c([2H])c([2H])c([2H])c([2H])c43)c3c4ccccc4c4ccccc4c4cccc(-c5ccccc5)c4n-2c13. The largest absolute Gasteiger partial charge is 0.309 e. The molecule has 0 N–H and O–H groups in total. The Bertz CT molecular complexity index is 8680. The van der Waals surface area contributed by atoms with Crippen LogP contribution in [0, 0.1) is 0 Å². The molecule has 22 aromatic rings. The molecular formula is C102H61BN4S. The van der Waals surface area contributed by atoms with Gasteiger partial charge in [0.05, 0.1) is 85.7 Å². The number of fused-ring (bicyclic) bond motifs is 27. The monoisotopic (exact) mass is 1410 g/mol. The van der Waals surface area contributed by atoms with Gasteiger partial charge in [-0.3, -0.25) is 0 Å². The van der Waals surface area contributed by atoms with E-state index >= 15 is 0 Å². The lowest BCUT2D eigenvalue weighted by molar-refractivity contribution is 1.13. The maximum Gasteiger partial charge on any atom is 0.252 e. The predicted octanol–water partition coefficient (Wildman–Crippen LogP) is 25.4. The van der Waals surface area contributed by atoms with Crippen LogP contribution in [0.3, 0.4) is 0 Å². The van der Waals surface area contributed by atoms with Crippen LogP contribution in [-0.2, 0) is 0 Å². The van der Waals surface area contributed by atoms with Crippen molar-refractivity contribution < 1.29 is 30.2 Å². The van der Waals surface area contributed by atoms with E-state index in [-0.39, 0.29) is 122 Å². The number of thiophene rings is 1. The van der Waals surface area contributed by atoms with E-state index in [9.17, 15) is 30.2 Å². The lowest BCUT2D eigenvalue weighted by Crippen LogP contribution is -2.60. The van der Waals surface area contributed by atoms with Crippen LogP contribution >= 0.6 is 11.3 Å². The Morgan fingerprint density at radius 2 is 0.602 bits per heavy atom. The van der Waals surface area contributed by atoms with Gasteiger partial charge < -0.3 is 18.3 Å². The molecule has 0 atom stereocenters. The van der Waals surface area contributed by atoms with Gasteiger partial charge in [-0.05, 0) is 148 Å². The summed E-state index contributed by atoms with van der Waals surface area (Å²) in [6, 6.07) is 60.4. The van der Waals surface area contributed by atoms with Crippen molar-refractivity contribution in [2.75, 3.05) is 0 Å². The second kappa shape index (κ2) is 22.9. The van der Waals surface area contributed by atoms with Gasteiger partial charge in [-0.1, -0.05) is 303 Å². The van der Waals surface area contributed by atoms with Gasteiger partial charge in [-0.25, -0.2) is 0 Å². The Kier molecular flexibility index (Phi) is 8.94. The second-order valence-corrected chi connectivity index (χ2v) is 28.6. The molecular weight excluding hydrogens is 1320 g/mol. The molecule has 0 amide bonds. The molecule has 17 aromatic carbocycles. The minimum atomic E-state index is -1.77. The van der Waals surface area contributed by atoms with Crippen LogP contribution in [-0.4, -0.2) is 25.0 Å². The number of para-hydroxylation sites is 6. The highest BCUT2D eigenvalue weighted by Gasteiger charge is 2.42. The van der Waals surface area contributed by atoms with E-state index in [1.54, 1.807) is 23.5 Å². The average molecular weight is 1410 g/mol. The number of hydrogen-bond acceptors (Lipinski definition) is 1. The molecule has 498 valence electrons. The highest BCUT2D eigenvalue weighted by atomic mass is 32.1. The van der Waals surface area contributed by atoms with E-state index < -0.39 is 128 Å². The molecule has 0 spiro atoms. The summed E-state index contributed by atoms with van der Waals surface area (Å²) in [6.45, 7) is -1.77. The Morgan fingerprint density at radius 1 is 0.241 bits per heavy atom. The molecule has 0 radical (unpaired) electrons. The van der Waals surface area contributed by atoms with Gasteiger partial charge in [0, 0.05) is 85.8 Å². The zero-order chi connectivity index (χ0) is 89.5. The maximum atomic E-state index is 12.2. The molecule has 0 fully saturated rings. The van der Waals surface area contributed by atoms with Gasteiger partial charge in [0.2, 0.25) is 0 Å². The van der Waals surface area contributed by atoms with Gasteiger partial charge >= 0.3 is 0 Å². The van der Waals surface area contributed by atoms with Crippen molar-refractivity contribution in [3.63, 3.8) is 0 Å². The first-order valence-corrected chi connectivity index (χ1v) is 36.5. The van der Waals surface area contributed by atoms with E-state index in [4.69, 9.17) is 0 Å². The van der Waals surface area contributed by atoms with Crippen molar-refractivity contribution in [2.24, 2.45) is 0 Å². The molecule has 6 heteroatoms. The maximum absolute atomic E-state index is 12.2. The fourth-order valence-electron chi connectivity index (χ4n) is 17.8. The van der Waals surface area contributed by atoms with Crippen LogP contribution < -0.4 is 16.4 Å². The molecule has 0 unspecified atom stereocenters. The lowest BCUT2D eigenvalue weighted by atomic mass is 9.34. The highest BCUT2D eigenvalue weighted by Crippen LogP contribution is 2.49. The Hall–Kier alpha value is -13.8. The zero-order valence-corrected chi connectivity index (χ0v) is 57.6. The van der Waals surface area contributed by atoms with Gasteiger partial charge in [-0.2, -0.15) is 0 Å². The molecule has 7 heterocycles. The fraction of sp³-hybridized carbons (Fsp3) is 0. The first-order valence-electron chi connectivity index (χ1n) is 46.6. The average Bonchev–Trinajstić information content (AvgIpc) is 0.945. The minimum Gasteiger partial charge on any atom is -0.309 e. The van der Waals surface area contributed by atoms with Crippen molar-refractivity contribution in [1.29, 1.82) is 0 Å². The molecule has 0 saturated heterocycles. The van der Waals surface area contributed by atoms with Crippen molar-refractivity contribution in [2.45, 2.75) is 0 Å². The van der Waals surface area contributed by atoms with Gasteiger partial charge in [-0.15, -0.1) is 11.3 Å². The zero-order valence-electron chi connectivity index (χ0n) is 78.8. The summed E-state index contributed by atoms with van der Waals surface area (Å²) in [7, 11) is 0. The summed E-state index contributed by atoms with van der Waals surface area (Å²) < 4.78 is 237. The smallest absolute Gasteiger partial charge is 0.252 e. The number of aromatic nitrogens is 4. The van der Waals surface area contributed by atoms with E-state index in [1.807, 2.05) is 234 Å².